The van der Waals surface area contributed by atoms with Crippen LogP contribution < -0.4 is 0 Å². The van der Waals surface area contributed by atoms with Crippen molar-refractivity contribution in [2.75, 3.05) is 0 Å². The van der Waals surface area contributed by atoms with Crippen LogP contribution in [-0.2, 0) is 11.2 Å². The van der Waals surface area contributed by atoms with Crippen LogP contribution in [0, 0.1) is 5.41 Å². The molecule has 0 unspecified atom stereocenters. The number of benzene rings is 1. The van der Waals surface area contributed by atoms with E-state index in [1.165, 1.54) is 0 Å². The van der Waals surface area contributed by atoms with Gasteiger partial charge >= 0.3 is 6.61 Å². The van der Waals surface area contributed by atoms with Gasteiger partial charge in [0.05, 0.1) is 6.10 Å². The van der Waals surface area contributed by atoms with Crippen molar-refractivity contribution in [3.05, 3.63) is 33.8 Å². The number of hydrogen-bond acceptors (Lipinski definition) is 2. The molecule has 0 N–H and O–H groups in total. The van der Waals surface area contributed by atoms with Gasteiger partial charge in [-0.2, -0.15) is 8.78 Å². The van der Waals surface area contributed by atoms with Crippen LogP contribution >= 0.6 is 15.9 Å². The number of fused-ring (bicyclic) bond motifs is 1. The number of Topliss-reactive ketones (excluding diaryl/α,β-unsaturated/α-hetero) is 1. The molecule has 0 atom stereocenters. The number of halogens is 3. The molecule has 5 heteroatoms. The Labute approximate surface area is 124 Å². The molecule has 2 aliphatic carbocycles. The second kappa shape index (κ2) is 5.19. The highest BCUT2D eigenvalue weighted by molar-refractivity contribution is 9.10. The number of rotatable bonds is 2. The van der Waals surface area contributed by atoms with Gasteiger partial charge in [0.15, 0.2) is 5.78 Å². The summed E-state index contributed by atoms with van der Waals surface area (Å²) in [7, 11) is 0. The van der Waals surface area contributed by atoms with Crippen molar-refractivity contribution in [1.82, 2.24) is 0 Å². The maximum absolute atomic E-state index is 12.6. The van der Waals surface area contributed by atoms with Crippen LogP contribution in [-0.4, -0.2) is 18.5 Å². The van der Waals surface area contributed by atoms with Gasteiger partial charge in [0.25, 0.3) is 0 Å². The number of alkyl halides is 2. The monoisotopic (exact) mass is 344 g/mol. The van der Waals surface area contributed by atoms with Gasteiger partial charge in [0.2, 0.25) is 0 Å². The largest absolute Gasteiger partial charge is 0.345 e. The lowest BCUT2D eigenvalue weighted by atomic mass is 9.70. The smallest absolute Gasteiger partial charge is 0.320 e. The fourth-order valence-electron chi connectivity index (χ4n) is 3.47. The lowest BCUT2D eigenvalue weighted by Crippen LogP contribution is -2.36. The number of carbonyl (C=O) groups excluding carboxylic acids is 1. The van der Waals surface area contributed by atoms with E-state index in [1.54, 1.807) is 0 Å². The Hall–Kier alpha value is -0.810. The fraction of sp³-hybridized carbons (Fsp3) is 0.533. The molecule has 0 amide bonds. The molecule has 0 saturated heterocycles. The fourth-order valence-corrected chi connectivity index (χ4v) is 3.84. The molecule has 20 heavy (non-hydrogen) atoms. The minimum absolute atomic E-state index is 0.171. The topological polar surface area (TPSA) is 26.3 Å². The molecule has 1 spiro atoms. The Morgan fingerprint density at radius 2 is 2.00 bits per heavy atom. The molecular weight excluding hydrogens is 330 g/mol. The molecule has 1 saturated carbocycles. The van der Waals surface area contributed by atoms with Crippen molar-refractivity contribution in [3.8, 4) is 0 Å². The maximum Gasteiger partial charge on any atom is 0.345 e. The van der Waals surface area contributed by atoms with Crippen LogP contribution in [0.1, 0.15) is 41.6 Å². The van der Waals surface area contributed by atoms with Crippen LogP contribution in [0.5, 0.6) is 0 Å². The summed E-state index contributed by atoms with van der Waals surface area (Å²) in [6.07, 6.45) is 2.65. The summed E-state index contributed by atoms with van der Waals surface area (Å²) in [6, 6.07) is 5.79. The molecule has 1 aromatic rings. The molecule has 108 valence electrons. The third-order valence-corrected chi connectivity index (χ3v) is 5.01. The minimum atomic E-state index is -2.72. The molecule has 0 bridgehead atoms. The Balaban J connectivity index is 1.76. The predicted octanol–water partition coefficient (Wildman–Crippen LogP) is 4.36. The third kappa shape index (κ3) is 2.42. The van der Waals surface area contributed by atoms with Crippen LogP contribution in [0.15, 0.2) is 22.7 Å². The molecule has 3 rings (SSSR count). The second-order valence-electron chi connectivity index (χ2n) is 5.68. The van der Waals surface area contributed by atoms with E-state index in [0.29, 0.717) is 25.7 Å². The molecule has 1 aromatic carbocycles. The van der Waals surface area contributed by atoms with Gasteiger partial charge in [-0.1, -0.05) is 22.0 Å². The Morgan fingerprint density at radius 3 is 2.65 bits per heavy atom. The van der Waals surface area contributed by atoms with Gasteiger partial charge in [-0.25, -0.2) is 0 Å². The zero-order chi connectivity index (χ0) is 14.3. The van der Waals surface area contributed by atoms with Crippen molar-refractivity contribution in [2.24, 2.45) is 5.41 Å². The van der Waals surface area contributed by atoms with Gasteiger partial charge in [-0.05, 0) is 49.8 Å². The normalized spacial score (nSPS) is 29.2. The molecule has 0 heterocycles. The summed E-state index contributed by atoms with van der Waals surface area (Å²) in [5.74, 6) is 0.171. The van der Waals surface area contributed by atoms with Crippen molar-refractivity contribution >= 4 is 21.7 Å². The van der Waals surface area contributed by atoms with Gasteiger partial charge in [-0.15, -0.1) is 0 Å². The first-order valence-electron chi connectivity index (χ1n) is 6.77. The molecule has 2 nitrogen and oxygen atoms in total. The maximum atomic E-state index is 12.6. The van der Waals surface area contributed by atoms with Crippen LogP contribution in [0.4, 0.5) is 8.78 Å². The SMILES string of the molecule is O=C1c2cc(Br)ccc2C[C@]12CC[C@@H](OC(F)F)CC2. The second-order valence-corrected chi connectivity index (χ2v) is 6.60. The quantitative estimate of drug-likeness (QED) is 0.796. The van der Waals surface area contributed by atoms with E-state index in [1.807, 2.05) is 18.2 Å². The van der Waals surface area contributed by atoms with Crippen LogP contribution in [0.2, 0.25) is 0 Å². The van der Waals surface area contributed by atoms with E-state index < -0.39 is 12.7 Å². The molecule has 0 aromatic heterocycles. The highest BCUT2D eigenvalue weighted by Crippen LogP contribution is 2.48. The zero-order valence-electron chi connectivity index (χ0n) is 10.9. The minimum Gasteiger partial charge on any atom is -0.320 e. The zero-order valence-corrected chi connectivity index (χ0v) is 12.5. The molecule has 1 fully saturated rings. The van der Waals surface area contributed by atoms with E-state index in [9.17, 15) is 13.6 Å². The van der Waals surface area contributed by atoms with E-state index in [0.717, 1.165) is 22.0 Å². The lowest BCUT2D eigenvalue weighted by Gasteiger charge is -2.35. The first kappa shape index (κ1) is 14.1. The molecular formula is C15H15BrF2O2. The van der Waals surface area contributed by atoms with E-state index in [2.05, 4.69) is 20.7 Å². The number of ether oxygens (including phenoxy) is 1. The molecule has 0 radical (unpaired) electrons. The van der Waals surface area contributed by atoms with Crippen molar-refractivity contribution in [2.45, 2.75) is 44.8 Å². The summed E-state index contributed by atoms with van der Waals surface area (Å²) in [5, 5.41) is 0. The summed E-state index contributed by atoms with van der Waals surface area (Å²) < 4.78 is 29.9. The van der Waals surface area contributed by atoms with Crippen molar-refractivity contribution < 1.29 is 18.3 Å². The first-order chi connectivity index (χ1) is 9.50. The van der Waals surface area contributed by atoms with Gasteiger partial charge < -0.3 is 4.74 Å². The lowest BCUT2D eigenvalue weighted by molar-refractivity contribution is -0.173. The Kier molecular flexibility index (Phi) is 3.67. The van der Waals surface area contributed by atoms with Crippen molar-refractivity contribution in [3.63, 3.8) is 0 Å². The molecule has 2 aliphatic rings. The Bertz CT molecular complexity index is 537. The van der Waals surface area contributed by atoms with Crippen LogP contribution in [0.25, 0.3) is 0 Å². The van der Waals surface area contributed by atoms with Crippen LogP contribution in [0.3, 0.4) is 0 Å². The first-order valence-corrected chi connectivity index (χ1v) is 7.56. The number of ketones is 1. The van der Waals surface area contributed by atoms with Gasteiger partial charge in [-0.3, -0.25) is 4.79 Å². The van der Waals surface area contributed by atoms with E-state index in [4.69, 9.17) is 0 Å². The standard InChI is InChI=1S/C15H15BrF2O2/c16-10-2-1-9-8-15(13(19)12(9)7-10)5-3-11(4-6-15)20-14(17)18/h1-2,7,11,14H,3-6,8H2/t11-,15-. The van der Waals surface area contributed by atoms with E-state index in [-0.39, 0.29) is 11.2 Å². The summed E-state index contributed by atoms with van der Waals surface area (Å²) in [6.45, 7) is -2.72. The van der Waals surface area contributed by atoms with Crippen molar-refractivity contribution in [1.29, 1.82) is 0 Å². The summed E-state index contributed by atoms with van der Waals surface area (Å²) in [5.41, 5.74) is 1.48. The van der Waals surface area contributed by atoms with Gasteiger partial charge in [0, 0.05) is 15.5 Å². The Morgan fingerprint density at radius 1 is 1.30 bits per heavy atom. The molecule has 0 aliphatic heterocycles. The van der Waals surface area contributed by atoms with Gasteiger partial charge in [0.1, 0.15) is 0 Å². The summed E-state index contributed by atoms with van der Waals surface area (Å²) in [4.78, 5) is 12.6. The van der Waals surface area contributed by atoms with E-state index >= 15 is 0 Å². The average molecular weight is 345 g/mol. The number of hydrogen-bond donors (Lipinski definition) is 0. The summed E-state index contributed by atoms with van der Waals surface area (Å²) >= 11 is 3.39. The third-order valence-electron chi connectivity index (χ3n) is 4.51. The number of carbonyl (C=O) groups is 1. The average Bonchev–Trinajstić information content (AvgIpc) is 2.66. The highest BCUT2D eigenvalue weighted by atomic mass is 79.9. The highest BCUT2D eigenvalue weighted by Gasteiger charge is 2.47. The predicted molar refractivity (Wildman–Crippen MR) is 74.0 cm³/mol.